The number of anilines is 2. The van der Waals surface area contributed by atoms with E-state index in [0.29, 0.717) is 48.7 Å². The summed E-state index contributed by atoms with van der Waals surface area (Å²) in [7, 11) is 0. The van der Waals surface area contributed by atoms with Crippen LogP contribution in [-0.4, -0.2) is 50.0 Å². The van der Waals surface area contributed by atoms with Crippen molar-refractivity contribution in [2.24, 2.45) is 0 Å². The van der Waals surface area contributed by atoms with Crippen molar-refractivity contribution in [2.45, 2.75) is 64.1 Å². The molecule has 1 aromatic carbocycles. The average molecular weight is 492 g/mol. The number of rotatable bonds is 7. The van der Waals surface area contributed by atoms with Crippen LogP contribution in [0.3, 0.4) is 0 Å². The number of nitriles is 1. The van der Waals surface area contributed by atoms with E-state index < -0.39 is 11.6 Å². The molecule has 190 valence electrons. The minimum Gasteiger partial charge on any atom is -0.465 e. The molecule has 0 bridgehead atoms. The molecule has 0 atom stereocenters. The highest BCUT2D eigenvalue weighted by Gasteiger charge is 2.40. The topological polar surface area (TPSA) is 139 Å². The monoisotopic (exact) mass is 491 g/mol. The van der Waals surface area contributed by atoms with Gasteiger partial charge in [-0.05, 0) is 50.5 Å². The Morgan fingerprint density at radius 2 is 1.92 bits per heavy atom. The highest BCUT2D eigenvalue weighted by atomic mass is 16.4. The van der Waals surface area contributed by atoms with E-state index in [1.165, 1.54) is 4.90 Å². The molecule has 4 rings (SSSR count). The number of benzene rings is 1. The molecule has 10 heteroatoms. The first-order valence-corrected chi connectivity index (χ1v) is 12.2. The molecule has 1 saturated heterocycles. The number of hydrogen-bond acceptors (Lipinski definition) is 6. The lowest BCUT2D eigenvalue weighted by Crippen LogP contribution is -2.48. The average Bonchev–Trinajstić information content (AvgIpc) is 3.19. The van der Waals surface area contributed by atoms with Crippen LogP contribution in [0.25, 0.3) is 10.9 Å². The van der Waals surface area contributed by atoms with Gasteiger partial charge in [0.05, 0.1) is 23.5 Å². The first kappa shape index (κ1) is 25.3. The number of pyridine rings is 1. The minimum absolute atomic E-state index is 0.163. The fourth-order valence-electron chi connectivity index (χ4n) is 5.16. The highest BCUT2D eigenvalue weighted by molar-refractivity contribution is 5.91. The van der Waals surface area contributed by atoms with Gasteiger partial charge in [0.1, 0.15) is 5.39 Å². The van der Waals surface area contributed by atoms with Crippen LogP contribution in [0.5, 0.6) is 0 Å². The molecule has 10 nitrogen and oxygen atoms in total. The molecule has 1 aliphatic heterocycles. The smallest absolute Gasteiger partial charge is 0.407 e. The van der Waals surface area contributed by atoms with Crippen LogP contribution in [-0.2, 0) is 11.1 Å². The summed E-state index contributed by atoms with van der Waals surface area (Å²) in [5.74, 6) is 0.400. The molecule has 0 saturated carbocycles. The second kappa shape index (κ2) is 9.66. The third-order valence-electron chi connectivity index (χ3n) is 6.94. The molecule has 1 aliphatic rings. The number of H-pyrrole nitrogens is 1. The van der Waals surface area contributed by atoms with Crippen molar-refractivity contribution in [2.75, 3.05) is 18.4 Å². The second-order valence-corrected chi connectivity index (χ2v) is 10.3. The first-order chi connectivity index (χ1) is 17.1. The molecule has 0 radical (unpaired) electrons. The van der Waals surface area contributed by atoms with Gasteiger partial charge < -0.3 is 25.6 Å². The summed E-state index contributed by atoms with van der Waals surface area (Å²) in [6, 6.07) is 12.4. The Kier molecular flexibility index (Phi) is 6.78. The summed E-state index contributed by atoms with van der Waals surface area (Å²) in [6.07, 6.45) is 1.62. The number of likely N-dealkylation sites (tertiary alicyclic amines) is 1. The van der Waals surface area contributed by atoms with E-state index in [1.807, 2.05) is 24.3 Å². The molecule has 0 spiro atoms. The summed E-state index contributed by atoms with van der Waals surface area (Å²) in [4.78, 5) is 28.4. The maximum atomic E-state index is 12.9. The van der Waals surface area contributed by atoms with E-state index in [1.54, 1.807) is 16.9 Å². The van der Waals surface area contributed by atoms with Crippen LogP contribution in [0.15, 0.2) is 41.3 Å². The Hall–Kier alpha value is -3.84. The van der Waals surface area contributed by atoms with Gasteiger partial charge in [-0.15, -0.1) is 0 Å². The van der Waals surface area contributed by atoms with Gasteiger partial charge in [-0.1, -0.05) is 26.0 Å². The van der Waals surface area contributed by atoms with Crippen molar-refractivity contribution in [3.05, 3.63) is 52.4 Å². The lowest BCUT2D eigenvalue weighted by molar-refractivity contribution is 0.0912. The van der Waals surface area contributed by atoms with Gasteiger partial charge in [0.25, 0.3) is 5.56 Å². The van der Waals surface area contributed by atoms with Crippen LogP contribution >= 0.6 is 0 Å². The number of piperidine rings is 1. The summed E-state index contributed by atoms with van der Waals surface area (Å²) in [5, 5.41) is 31.0. The van der Waals surface area contributed by atoms with Crippen molar-refractivity contribution in [1.82, 2.24) is 25.0 Å². The van der Waals surface area contributed by atoms with Gasteiger partial charge in [0, 0.05) is 36.6 Å². The second-order valence-electron chi connectivity index (χ2n) is 10.3. The Bertz CT molecular complexity index is 1340. The molecule has 4 N–H and O–H groups in total. The summed E-state index contributed by atoms with van der Waals surface area (Å²) in [5.41, 5.74) is 1.34. The van der Waals surface area contributed by atoms with E-state index in [9.17, 15) is 20.0 Å². The maximum Gasteiger partial charge on any atom is 0.407 e. The molecular weight excluding hydrogens is 458 g/mol. The standard InChI is InChI=1S/C26H33N7O3/c1-17(2)30-25(3,4)18-5-7-19(8-6-18)29-22-21-20(9-14-28-23(21)34)33(31-22)26(10-13-27)11-15-32(16-12-26)24(35)36/h5-9,14,17,30H,10-12,15-16H2,1-4H3,(H,28,34)(H,29,31)(H,35,36). The van der Waals surface area contributed by atoms with Crippen LogP contribution in [0.1, 0.15) is 52.5 Å². The SMILES string of the molecule is CC(C)NC(C)(C)c1ccc(Nc2nn(C3(CC#N)CCN(C(=O)O)CC3)c3cc[nH]c(=O)c23)cc1. The number of carboxylic acid groups (broad SMARTS) is 1. The number of amides is 1. The van der Waals surface area contributed by atoms with Gasteiger partial charge in [0.2, 0.25) is 0 Å². The minimum atomic E-state index is -0.972. The molecule has 36 heavy (non-hydrogen) atoms. The van der Waals surface area contributed by atoms with Crippen LogP contribution in [0, 0.1) is 11.3 Å². The third kappa shape index (κ3) is 4.79. The molecule has 2 aromatic heterocycles. The zero-order chi connectivity index (χ0) is 26.1. The van der Waals surface area contributed by atoms with Crippen molar-refractivity contribution < 1.29 is 9.90 Å². The van der Waals surface area contributed by atoms with E-state index in [4.69, 9.17) is 5.10 Å². The number of hydrogen-bond donors (Lipinski definition) is 4. The van der Waals surface area contributed by atoms with Gasteiger partial charge in [0.15, 0.2) is 5.82 Å². The predicted octanol–water partition coefficient (Wildman–Crippen LogP) is 4.08. The molecule has 0 aliphatic carbocycles. The van der Waals surface area contributed by atoms with Crippen LogP contribution in [0.2, 0.25) is 0 Å². The highest BCUT2D eigenvalue weighted by Crippen LogP contribution is 2.37. The van der Waals surface area contributed by atoms with Crippen molar-refractivity contribution in [3.8, 4) is 6.07 Å². The molecule has 3 aromatic rings. The summed E-state index contributed by atoms with van der Waals surface area (Å²) in [6.45, 7) is 9.09. The van der Waals surface area contributed by atoms with Gasteiger partial charge in [-0.25, -0.2) is 4.79 Å². The number of nitrogens with zero attached hydrogens (tertiary/aromatic N) is 4. The lowest BCUT2D eigenvalue weighted by Gasteiger charge is -2.40. The van der Waals surface area contributed by atoms with Crippen molar-refractivity contribution in [1.29, 1.82) is 5.26 Å². The number of aromatic nitrogens is 3. The Morgan fingerprint density at radius 1 is 1.25 bits per heavy atom. The Morgan fingerprint density at radius 3 is 2.50 bits per heavy atom. The predicted molar refractivity (Wildman–Crippen MR) is 138 cm³/mol. The zero-order valence-electron chi connectivity index (χ0n) is 21.1. The first-order valence-electron chi connectivity index (χ1n) is 12.2. The van der Waals surface area contributed by atoms with E-state index in [-0.39, 0.29) is 17.5 Å². The zero-order valence-corrected chi connectivity index (χ0v) is 21.1. The largest absolute Gasteiger partial charge is 0.465 e. The van der Waals surface area contributed by atoms with Crippen LogP contribution < -0.4 is 16.2 Å². The molecule has 3 heterocycles. The summed E-state index contributed by atoms with van der Waals surface area (Å²) >= 11 is 0. The van der Waals surface area contributed by atoms with E-state index in [0.717, 1.165) is 11.3 Å². The number of carbonyl (C=O) groups is 1. The van der Waals surface area contributed by atoms with E-state index in [2.05, 4.69) is 49.4 Å². The molecule has 1 fully saturated rings. The molecular formula is C26H33N7O3. The fourth-order valence-corrected chi connectivity index (χ4v) is 5.16. The quantitative estimate of drug-likeness (QED) is 0.390. The Balaban J connectivity index is 1.71. The maximum absolute atomic E-state index is 12.9. The third-order valence-corrected chi connectivity index (χ3v) is 6.94. The van der Waals surface area contributed by atoms with Gasteiger partial charge in [-0.3, -0.25) is 9.48 Å². The van der Waals surface area contributed by atoms with Crippen molar-refractivity contribution >= 4 is 28.5 Å². The lowest BCUT2D eigenvalue weighted by atomic mass is 9.85. The van der Waals surface area contributed by atoms with Crippen LogP contribution in [0.4, 0.5) is 16.3 Å². The Labute approximate surface area is 209 Å². The molecule has 0 unspecified atom stereocenters. The van der Waals surface area contributed by atoms with Gasteiger partial charge in [-0.2, -0.15) is 10.4 Å². The number of aromatic amines is 1. The number of nitrogens with one attached hydrogen (secondary N) is 3. The molecule has 1 amide bonds. The number of fused-ring (bicyclic) bond motifs is 1. The van der Waals surface area contributed by atoms with Crippen molar-refractivity contribution in [3.63, 3.8) is 0 Å². The summed E-state index contributed by atoms with van der Waals surface area (Å²) < 4.78 is 1.76. The van der Waals surface area contributed by atoms with Gasteiger partial charge >= 0.3 is 6.09 Å². The fraction of sp³-hybridized carbons (Fsp3) is 0.462. The van der Waals surface area contributed by atoms with E-state index >= 15 is 0 Å². The normalized spacial score (nSPS) is 15.7.